The lowest BCUT2D eigenvalue weighted by molar-refractivity contribution is 0.580. The second-order valence-electron chi connectivity index (χ2n) is 9.31. The highest BCUT2D eigenvalue weighted by atomic mass is 19.1. The van der Waals surface area contributed by atoms with Gasteiger partial charge in [0.05, 0.1) is 16.7 Å². The van der Waals surface area contributed by atoms with E-state index in [1.165, 1.54) is 18.2 Å². The van der Waals surface area contributed by atoms with E-state index in [-0.39, 0.29) is 11.9 Å². The lowest BCUT2D eigenvalue weighted by Gasteiger charge is -2.18. The van der Waals surface area contributed by atoms with Gasteiger partial charge in [0.1, 0.15) is 17.2 Å². The van der Waals surface area contributed by atoms with E-state index >= 15 is 4.39 Å². The molecular formula is C30H30F2N6. The quantitative estimate of drug-likeness (QED) is 0.189. The van der Waals surface area contributed by atoms with E-state index in [1.54, 1.807) is 16.8 Å². The second-order valence-corrected chi connectivity index (χ2v) is 9.31. The van der Waals surface area contributed by atoms with Crippen molar-refractivity contribution in [2.24, 2.45) is 0 Å². The van der Waals surface area contributed by atoms with E-state index in [1.807, 2.05) is 43.5 Å². The maximum absolute atomic E-state index is 15.5. The van der Waals surface area contributed by atoms with Crippen LogP contribution in [0.15, 0.2) is 85.6 Å². The van der Waals surface area contributed by atoms with Crippen LogP contribution >= 0.6 is 0 Å². The molecule has 0 spiro atoms. The van der Waals surface area contributed by atoms with Crippen LogP contribution in [0.1, 0.15) is 18.4 Å². The van der Waals surface area contributed by atoms with E-state index in [4.69, 9.17) is 0 Å². The summed E-state index contributed by atoms with van der Waals surface area (Å²) in [5.74, 6) is -0.727. The summed E-state index contributed by atoms with van der Waals surface area (Å²) in [6, 6.07) is 17.3. The summed E-state index contributed by atoms with van der Waals surface area (Å²) in [6.45, 7) is 8.99. The van der Waals surface area contributed by atoms with Crippen LogP contribution in [0.4, 0.5) is 8.78 Å². The van der Waals surface area contributed by atoms with Crippen molar-refractivity contribution in [1.82, 2.24) is 30.6 Å². The SMILES string of the molecule is C=CC(CCNC)NC(=C)CCc1c(-c2ccc(F)cc2)[nH]c2c(F)cc(-n3nnc4ccccc43)cc12. The highest BCUT2D eigenvalue weighted by Crippen LogP contribution is 2.35. The molecule has 2 heterocycles. The van der Waals surface area contributed by atoms with Crippen LogP contribution in [0.3, 0.4) is 0 Å². The van der Waals surface area contributed by atoms with Crippen molar-refractivity contribution < 1.29 is 8.78 Å². The maximum Gasteiger partial charge on any atom is 0.149 e. The molecule has 2 aromatic heterocycles. The van der Waals surface area contributed by atoms with Crippen molar-refractivity contribution in [3.8, 4) is 16.9 Å². The van der Waals surface area contributed by atoms with Crippen LogP contribution in [0.2, 0.25) is 0 Å². The lowest BCUT2D eigenvalue weighted by Crippen LogP contribution is -2.29. The summed E-state index contributed by atoms with van der Waals surface area (Å²) in [5.41, 5.74) is 5.80. The summed E-state index contributed by atoms with van der Waals surface area (Å²) >= 11 is 0. The zero-order valence-corrected chi connectivity index (χ0v) is 21.3. The third-order valence-corrected chi connectivity index (χ3v) is 6.74. The van der Waals surface area contributed by atoms with Gasteiger partial charge in [-0.1, -0.05) is 30.0 Å². The third-order valence-electron chi connectivity index (χ3n) is 6.74. The Morgan fingerprint density at radius 3 is 2.68 bits per heavy atom. The lowest BCUT2D eigenvalue weighted by atomic mass is 9.99. The average Bonchev–Trinajstić information content (AvgIpc) is 3.52. The number of nitrogens with zero attached hydrogens (tertiary/aromatic N) is 3. The van der Waals surface area contributed by atoms with E-state index in [0.717, 1.165) is 51.9 Å². The molecule has 3 N–H and O–H groups in total. The minimum absolute atomic E-state index is 0.0964. The molecule has 5 aromatic rings. The summed E-state index contributed by atoms with van der Waals surface area (Å²) in [4.78, 5) is 3.26. The van der Waals surface area contributed by atoms with Crippen molar-refractivity contribution in [3.05, 3.63) is 103 Å². The van der Waals surface area contributed by atoms with E-state index in [2.05, 4.69) is 39.1 Å². The van der Waals surface area contributed by atoms with Gasteiger partial charge in [-0.2, -0.15) is 0 Å². The number of rotatable bonds is 11. The van der Waals surface area contributed by atoms with Gasteiger partial charge in [0, 0.05) is 28.9 Å². The Kier molecular flexibility index (Phi) is 7.33. The van der Waals surface area contributed by atoms with Crippen molar-refractivity contribution in [2.75, 3.05) is 13.6 Å². The second kappa shape index (κ2) is 11.0. The van der Waals surface area contributed by atoms with Crippen LogP contribution in [-0.2, 0) is 6.42 Å². The molecule has 6 nitrogen and oxygen atoms in total. The largest absolute Gasteiger partial charge is 0.383 e. The van der Waals surface area contributed by atoms with Crippen LogP contribution in [-0.4, -0.2) is 39.6 Å². The first-order valence-electron chi connectivity index (χ1n) is 12.6. The van der Waals surface area contributed by atoms with E-state index in [0.29, 0.717) is 24.0 Å². The number of aromatic nitrogens is 4. The fraction of sp³-hybridized carbons (Fsp3) is 0.200. The Bertz CT molecular complexity index is 1600. The highest BCUT2D eigenvalue weighted by Gasteiger charge is 2.19. The van der Waals surface area contributed by atoms with Crippen LogP contribution < -0.4 is 10.6 Å². The fourth-order valence-corrected chi connectivity index (χ4v) is 4.76. The van der Waals surface area contributed by atoms with Gasteiger partial charge < -0.3 is 15.6 Å². The minimum atomic E-state index is -0.401. The Hall–Kier alpha value is -4.30. The molecule has 0 aliphatic heterocycles. The smallest absolute Gasteiger partial charge is 0.149 e. The average molecular weight is 513 g/mol. The first-order chi connectivity index (χ1) is 18.5. The third kappa shape index (κ3) is 5.08. The van der Waals surface area contributed by atoms with Crippen molar-refractivity contribution in [2.45, 2.75) is 25.3 Å². The molecule has 0 saturated carbocycles. The summed E-state index contributed by atoms with van der Waals surface area (Å²) in [7, 11) is 1.92. The first kappa shape index (κ1) is 25.4. The Labute approximate surface area is 220 Å². The van der Waals surface area contributed by atoms with Gasteiger partial charge in [-0.05, 0) is 86.4 Å². The molecule has 38 heavy (non-hydrogen) atoms. The molecule has 0 aliphatic rings. The number of hydrogen-bond donors (Lipinski definition) is 3. The molecule has 0 fully saturated rings. The Balaban J connectivity index is 1.55. The van der Waals surface area contributed by atoms with Crippen molar-refractivity contribution >= 4 is 21.9 Å². The predicted octanol–water partition coefficient (Wildman–Crippen LogP) is 6.05. The number of para-hydroxylation sites is 1. The monoisotopic (exact) mass is 512 g/mol. The van der Waals surface area contributed by atoms with Gasteiger partial charge in [0.25, 0.3) is 0 Å². The van der Waals surface area contributed by atoms with Crippen LogP contribution in [0.5, 0.6) is 0 Å². The van der Waals surface area contributed by atoms with E-state index < -0.39 is 5.82 Å². The number of aromatic amines is 1. The zero-order chi connectivity index (χ0) is 26.6. The summed E-state index contributed by atoms with van der Waals surface area (Å²) in [6.07, 6.45) is 3.98. The molecule has 0 amide bonds. The molecule has 0 aliphatic carbocycles. The molecule has 0 saturated heterocycles. The molecule has 3 aromatic carbocycles. The Morgan fingerprint density at radius 1 is 1.13 bits per heavy atom. The molecule has 194 valence electrons. The first-order valence-corrected chi connectivity index (χ1v) is 12.6. The van der Waals surface area contributed by atoms with Crippen molar-refractivity contribution in [1.29, 1.82) is 0 Å². The number of halogens is 2. The van der Waals surface area contributed by atoms with E-state index in [9.17, 15) is 4.39 Å². The zero-order valence-electron chi connectivity index (χ0n) is 21.3. The summed E-state index contributed by atoms with van der Waals surface area (Å²) < 4.78 is 30.9. The summed E-state index contributed by atoms with van der Waals surface area (Å²) in [5, 5.41) is 15.8. The fourth-order valence-electron chi connectivity index (χ4n) is 4.76. The molecular weight excluding hydrogens is 482 g/mol. The number of nitrogens with one attached hydrogen (secondary N) is 3. The van der Waals surface area contributed by atoms with Gasteiger partial charge >= 0.3 is 0 Å². The van der Waals surface area contributed by atoms with Crippen molar-refractivity contribution in [3.63, 3.8) is 0 Å². The van der Waals surface area contributed by atoms with Gasteiger partial charge in [-0.25, -0.2) is 13.5 Å². The molecule has 5 rings (SSSR count). The Morgan fingerprint density at radius 2 is 1.92 bits per heavy atom. The number of benzene rings is 3. The normalized spacial score (nSPS) is 12.2. The minimum Gasteiger partial charge on any atom is -0.383 e. The number of aryl methyl sites for hydroxylation is 1. The van der Waals surface area contributed by atoms with Crippen LogP contribution in [0.25, 0.3) is 38.9 Å². The predicted molar refractivity (Wildman–Crippen MR) is 149 cm³/mol. The molecule has 1 atom stereocenters. The topological polar surface area (TPSA) is 70.6 Å². The molecule has 0 bridgehead atoms. The molecule has 0 radical (unpaired) electrons. The number of hydrogen-bond acceptors (Lipinski definition) is 4. The molecule has 8 heteroatoms. The van der Waals surface area contributed by atoms with Crippen LogP contribution in [0, 0.1) is 11.6 Å². The maximum atomic E-state index is 15.5. The standard InChI is InChI=1S/C30H30F2N6/c1-4-22(15-16-33-3)34-19(2)9-14-24-25-17-23(38-28-8-6-5-7-27(28)36-37-38)18-26(32)30(25)35-29(24)20-10-12-21(31)13-11-20/h4-8,10-13,17-18,22,33-35H,1-2,9,14-16H2,3H3. The van der Waals surface area contributed by atoms with Gasteiger partial charge in [0.15, 0.2) is 0 Å². The number of allylic oxidation sites excluding steroid dienone is 1. The van der Waals surface area contributed by atoms with Gasteiger partial charge in [-0.3, -0.25) is 0 Å². The van der Waals surface area contributed by atoms with Gasteiger partial charge in [-0.15, -0.1) is 11.7 Å². The molecule has 1 unspecified atom stereocenters. The number of fused-ring (bicyclic) bond motifs is 2. The highest BCUT2D eigenvalue weighted by molar-refractivity contribution is 5.93. The number of H-pyrrole nitrogens is 1. The van der Waals surface area contributed by atoms with Gasteiger partial charge in [0.2, 0.25) is 0 Å².